The molecule has 0 aliphatic carbocycles. The van der Waals surface area contributed by atoms with E-state index >= 15 is 0 Å². The molecule has 4 nitrogen and oxygen atoms in total. The number of cyclic esters (lactones) is 1. The molecule has 4 heteroatoms. The molecule has 0 spiro atoms. The van der Waals surface area contributed by atoms with Crippen LogP contribution in [0.5, 0.6) is 0 Å². The Morgan fingerprint density at radius 1 is 1.44 bits per heavy atom. The molecular formula is C12H13NO3. The maximum Gasteiger partial charge on any atom is 0.337 e. The van der Waals surface area contributed by atoms with Crippen LogP contribution in [0.4, 0.5) is 0 Å². The third kappa shape index (κ3) is 1.97. The van der Waals surface area contributed by atoms with Crippen molar-refractivity contribution in [3.05, 3.63) is 41.7 Å². The maximum absolute atomic E-state index is 11.5. The van der Waals surface area contributed by atoms with E-state index in [1.165, 1.54) is 0 Å². The first-order valence-corrected chi connectivity index (χ1v) is 5.05. The molecule has 0 aromatic carbocycles. The Kier molecular flexibility index (Phi) is 2.52. The van der Waals surface area contributed by atoms with E-state index in [9.17, 15) is 9.90 Å². The molecule has 0 bridgehead atoms. The van der Waals surface area contributed by atoms with Crippen molar-refractivity contribution in [1.29, 1.82) is 0 Å². The second-order valence-electron chi connectivity index (χ2n) is 4.25. The maximum atomic E-state index is 11.5. The molecule has 1 aromatic heterocycles. The summed E-state index contributed by atoms with van der Waals surface area (Å²) < 4.78 is 5.08. The van der Waals surface area contributed by atoms with Gasteiger partial charge in [0, 0.05) is 6.20 Å². The zero-order chi connectivity index (χ0) is 11.8. The molecule has 1 N–H and O–H groups in total. The first kappa shape index (κ1) is 10.8. The molecule has 0 saturated carbocycles. The van der Waals surface area contributed by atoms with Gasteiger partial charge in [-0.1, -0.05) is 6.07 Å². The summed E-state index contributed by atoms with van der Waals surface area (Å²) in [7, 11) is 0. The molecule has 0 fully saturated rings. The molecular weight excluding hydrogens is 206 g/mol. The summed E-state index contributed by atoms with van der Waals surface area (Å²) in [6.45, 7) is 3.53. The van der Waals surface area contributed by atoms with Crippen LogP contribution in [0, 0.1) is 0 Å². The second-order valence-corrected chi connectivity index (χ2v) is 4.25. The summed E-state index contributed by atoms with van der Waals surface area (Å²) in [5.41, 5.74) is 0.0504. The van der Waals surface area contributed by atoms with E-state index in [1.54, 1.807) is 44.3 Å². The number of hydrogen-bond donors (Lipinski definition) is 1. The summed E-state index contributed by atoms with van der Waals surface area (Å²) in [6.07, 6.45) is 2.19. The van der Waals surface area contributed by atoms with Crippen LogP contribution < -0.4 is 0 Å². The van der Waals surface area contributed by atoms with Gasteiger partial charge < -0.3 is 9.84 Å². The normalized spacial score (nSPS) is 20.2. The van der Waals surface area contributed by atoms with Crippen LogP contribution in [-0.4, -0.2) is 21.7 Å². The lowest BCUT2D eigenvalue weighted by molar-refractivity contribution is -0.145. The average Bonchev–Trinajstić information content (AvgIpc) is 2.52. The van der Waals surface area contributed by atoms with Crippen LogP contribution in [0.2, 0.25) is 0 Å². The van der Waals surface area contributed by atoms with Crippen molar-refractivity contribution in [2.45, 2.75) is 25.6 Å². The van der Waals surface area contributed by atoms with E-state index in [0.29, 0.717) is 5.69 Å². The number of carbonyl (C=O) groups excluding carboxylic acids is 1. The standard InChI is InChI=1S/C12H13NO3/c1-12(2)7-8(11(15)16-12)10(14)9-5-3-4-6-13-9/h3-7,10,14H,1-2H3. The monoisotopic (exact) mass is 219 g/mol. The molecule has 1 aliphatic rings. The lowest BCUT2D eigenvalue weighted by Crippen LogP contribution is -2.18. The number of pyridine rings is 1. The van der Waals surface area contributed by atoms with Gasteiger partial charge in [0.25, 0.3) is 0 Å². The average molecular weight is 219 g/mol. The van der Waals surface area contributed by atoms with Gasteiger partial charge in [-0.15, -0.1) is 0 Å². The van der Waals surface area contributed by atoms with E-state index in [-0.39, 0.29) is 5.57 Å². The van der Waals surface area contributed by atoms with Gasteiger partial charge >= 0.3 is 5.97 Å². The third-order valence-corrected chi connectivity index (χ3v) is 2.36. The molecule has 1 aliphatic heterocycles. The predicted octanol–water partition coefficient (Wildman–Crippen LogP) is 1.38. The minimum Gasteiger partial charge on any atom is -0.452 e. The fraction of sp³-hybridized carbons (Fsp3) is 0.333. The van der Waals surface area contributed by atoms with Gasteiger partial charge in [0.1, 0.15) is 11.7 Å². The highest BCUT2D eigenvalue weighted by molar-refractivity contribution is 5.92. The van der Waals surface area contributed by atoms with Gasteiger partial charge in [-0.25, -0.2) is 4.79 Å². The number of aromatic nitrogens is 1. The lowest BCUT2D eigenvalue weighted by atomic mass is 10.0. The molecule has 0 radical (unpaired) electrons. The molecule has 2 heterocycles. The SMILES string of the molecule is CC1(C)C=C(C(O)c2ccccn2)C(=O)O1. The molecule has 16 heavy (non-hydrogen) atoms. The Hall–Kier alpha value is -1.68. The predicted molar refractivity (Wildman–Crippen MR) is 57.5 cm³/mol. The van der Waals surface area contributed by atoms with Gasteiger partial charge in [-0.3, -0.25) is 4.98 Å². The van der Waals surface area contributed by atoms with E-state index in [2.05, 4.69) is 4.98 Å². The molecule has 1 unspecified atom stereocenters. The smallest absolute Gasteiger partial charge is 0.337 e. The summed E-state index contributed by atoms with van der Waals surface area (Å²) >= 11 is 0. The fourth-order valence-corrected chi connectivity index (χ4v) is 1.65. The largest absolute Gasteiger partial charge is 0.452 e. The van der Waals surface area contributed by atoms with Crippen LogP contribution in [0.1, 0.15) is 25.6 Å². The minimum atomic E-state index is -1.02. The Labute approximate surface area is 93.6 Å². The first-order chi connectivity index (χ1) is 7.49. The number of aliphatic hydroxyl groups excluding tert-OH is 1. The van der Waals surface area contributed by atoms with E-state index in [1.807, 2.05) is 0 Å². The summed E-state index contributed by atoms with van der Waals surface area (Å²) in [4.78, 5) is 15.5. The molecule has 0 saturated heterocycles. The molecule has 2 rings (SSSR count). The summed E-state index contributed by atoms with van der Waals surface area (Å²) in [5.74, 6) is -0.483. The molecule has 84 valence electrons. The number of rotatable bonds is 2. The Morgan fingerprint density at radius 3 is 2.69 bits per heavy atom. The Morgan fingerprint density at radius 2 is 2.19 bits per heavy atom. The van der Waals surface area contributed by atoms with Gasteiger partial charge in [-0.2, -0.15) is 0 Å². The lowest BCUT2D eigenvalue weighted by Gasteiger charge is -2.12. The third-order valence-electron chi connectivity index (χ3n) is 2.36. The topological polar surface area (TPSA) is 59.4 Å². The van der Waals surface area contributed by atoms with Crippen LogP contribution in [0.25, 0.3) is 0 Å². The zero-order valence-electron chi connectivity index (χ0n) is 9.18. The van der Waals surface area contributed by atoms with Crippen LogP contribution in [0.3, 0.4) is 0 Å². The van der Waals surface area contributed by atoms with Crippen molar-refractivity contribution in [2.75, 3.05) is 0 Å². The van der Waals surface area contributed by atoms with Crippen molar-refractivity contribution < 1.29 is 14.6 Å². The minimum absolute atomic E-state index is 0.253. The van der Waals surface area contributed by atoms with Gasteiger partial charge in [-0.05, 0) is 32.1 Å². The number of hydrogen-bond acceptors (Lipinski definition) is 4. The zero-order valence-corrected chi connectivity index (χ0v) is 9.18. The van der Waals surface area contributed by atoms with E-state index in [0.717, 1.165) is 0 Å². The summed E-state index contributed by atoms with van der Waals surface area (Å²) in [6, 6.07) is 5.18. The van der Waals surface area contributed by atoms with Crippen molar-refractivity contribution >= 4 is 5.97 Å². The van der Waals surface area contributed by atoms with Crippen molar-refractivity contribution in [2.24, 2.45) is 0 Å². The highest BCUT2D eigenvalue weighted by atomic mass is 16.6. The van der Waals surface area contributed by atoms with Crippen LogP contribution in [0.15, 0.2) is 36.0 Å². The number of ether oxygens (including phenoxy) is 1. The van der Waals surface area contributed by atoms with Gasteiger partial charge in [0.05, 0.1) is 11.3 Å². The van der Waals surface area contributed by atoms with Crippen molar-refractivity contribution in [3.63, 3.8) is 0 Å². The molecule has 1 aromatic rings. The van der Waals surface area contributed by atoms with Crippen LogP contribution >= 0.6 is 0 Å². The Balaban J connectivity index is 2.30. The summed E-state index contributed by atoms with van der Waals surface area (Å²) in [5, 5.41) is 9.99. The first-order valence-electron chi connectivity index (χ1n) is 5.05. The number of aliphatic hydroxyl groups is 1. The highest BCUT2D eigenvalue weighted by Crippen LogP contribution is 2.31. The quantitative estimate of drug-likeness (QED) is 0.763. The Bertz CT molecular complexity index is 437. The van der Waals surface area contributed by atoms with E-state index < -0.39 is 17.7 Å². The van der Waals surface area contributed by atoms with Gasteiger partial charge in [0.2, 0.25) is 0 Å². The van der Waals surface area contributed by atoms with Crippen molar-refractivity contribution in [3.8, 4) is 0 Å². The molecule has 1 atom stereocenters. The van der Waals surface area contributed by atoms with Gasteiger partial charge in [0.15, 0.2) is 0 Å². The highest BCUT2D eigenvalue weighted by Gasteiger charge is 2.35. The fourth-order valence-electron chi connectivity index (χ4n) is 1.65. The van der Waals surface area contributed by atoms with Crippen LogP contribution in [-0.2, 0) is 9.53 Å². The van der Waals surface area contributed by atoms with E-state index in [4.69, 9.17) is 4.74 Å². The number of carbonyl (C=O) groups is 1. The molecule has 0 amide bonds. The number of esters is 1. The second kappa shape index (κ2) is 3.72. The number of nitrogens with zero attached hydrogens (tertiary/aromatic N) is 1. The van der Waals surface area contributed by atoms with Crippen molar-refractivity contribution in [1.82, 2.24) is 4.98 Å².